The molecule has 0 aromatic heterocycles. The maximum absolute atomic E-state index is 12.4. The molecule has 2 rings (SSSR count). The Kier molecular flexibility index (Phi) is 5.08. The van der Waals surface area contributed by atoms with Gasteiger partial charge in [0.1, 0.15) is 0 Å². The molecule has 6 heteroatoms. The highest BCUT2D eigenvalue weighted by Crippen LogP contribution is 2.29. The molecule has 0 atom stereocenters. The number of carbonyl (C=O) groups excluding carboxylic acids is 1. The number of amides is 1. The van der Waals surface area contributed by atoms with Crippen molar-refractivity contribution >= 4 is 17.5 Å². The van der Waals surface area contributed by atoms with Crippen molar-refractivity contribution < 1.29 is 18.0 Å². The molecule has 0 saturated carbocycles. The minimum atomic E-state index is -4.33. The lowest BCUT2D eigenvalue weighted by Gasteiger charge is -2.08. The Morgan fingerprint density at radius 1 is 1.00 bits per heavy atom. The van der Waals surface area contributed by atoms with E-state index in [-0.39, 0.29) is 5.91 Å². The SMILES string of the molecule is O=C(NCCc1ccc(C(F)(F)F)cc1)c1ccc(Cl)cc1. The fourth-order valence-corrected chi connectivity index (χ4v) is 2.01. The number of hydrogen-bond acceptors (Lipinski definition) is 1. The van der Waals surface area contributed by atoms with Crippen LogP contribution in [0, 0.1) is 0 Å². The molecular formula is C16H13ClF3NO. The molecule has 2 aromatic carbocycles. The van der Waals surface area contributed by atoms with Crippen LogP contribution in [-0.4, -0.2) is 12.5 Å². The minimum absolute atomic E-state index is 0.247. The molecule has 0 saturated heterocycles. The van der Waals surface area contributed by atoms with Gasteiger partial charge in [0.2, 0.25) is 0 Å². The lowest BCUT2D eigenvalue weighted by Crippen LogP contribution is -2.25. The Labute approximate surface area is 130 Å². The summed E-state index contributed by atoms with van der Waals surface area (Å²) in [7, 11) is 0. The van der Waals surface area contributed by atoms with Crippen LogP contribution < -0.4 is 5.32 Å². The van der Waals surface area contributed by atoms with Gasteiger partial charge in [-0.1, -0.05) is 23.7 Å². The van der Waals surface area contributed by atoms with Gasteiger partial charge in [-0.05, 0) is 48.4 Å². The van der Waals surface area contributed by atoms with Crippen molar-refractivity contribution in [2.45, 2.75) is 12.6 Å². The zero-order chi connectivity index (χ0) is 16.2. The largest absolute Gasteiger partial charge is 0.416 e. The number of halogens is 4. The zero-order valence-electron chi connectivity index (χ0n) is 11.5. The number of hydrogen-bond donors (Lipinski definition) is 1. The highest BCUT2D eigenvalue weighted by atomic mass is 35.5. The van der Waals surface area contributed by atoms with Gasteiger partial charge in [0.05, 0.1) is 5.56 Å². The molecule has 0 bridgehead atoms. The number of rotatable bonds is 4. The molecule has 2 aromatic rings. The maximum Gasteiger partial charge on any atom is 0.416 e. The molecule has 0 aliphatic carbocycles. The Balaban J connectivity index is 1.86. The summed E-state index contributed by atoms with van der Waals surface area (Å²) in [4.78, 5) is 11.8. The van der Waals surface area contributed by atoms with E-state index in [0.717, 1.165) is 17.7 Å². The van der Waals surface area contributed by atoms with Crippen LogP contribution in [-0.2, 0) is 12.6 Å². The topological polar surface area (TPSA) is 29.1 Å². The third-order valence-electron chi connectivity index (χ3n) is 3.09. The summed E-state index contributed by atoms with van der Waals surface area (Å²) in [5, 5.41) is 3.25. The third kappa shape index (κ3) is 4.49. The molecule has 2 nitrogen and oxygen atoms in total. The smallest absolute Gasteiger partial charge is 0.352 e. The second-order valence-electron chi connectivity index (χ2n) is 4.71. The highest BCUT2D eigenvalue weighted by Gasteiger charge is 2.29. The first-order valence-corrected chi connectivity index (χ1v) is 6.94. The quantitative estimate of drug-likeness (QED) is 0.889. The molecule has 1 amide bonds. The third-order valence-corrected chi connectivity index (χ3v) is 3.34. The maximum atomic E-state index is 12.4. The fourth-order valence-electron chi connectivity index (χ4n) is 1.88. The van der Waals surface area contributed by atoms with Gasteiger partial charge in [0, 0.05) is 17.1 Å². The van der Waals surface area contributed by atoms with Crippen LogP contribution in [0.5, 0.6) is 0 Å². The second-order valence-corrected chi connectivity index (χ2v) is 5.14. The second kappa shape index (κ2) is 6.83. The summed E-state index contributed by atoms with van der Waals surface area (Å²) >= 11 is 5.73. The highest BCUT2D eigenvalue weighted by molar-refractivity contribution is 6.30. The van der Waals surface area contributed by atoms with Crippen molar-refractivity contribution in [1.82, 2.24) is 5.32 Å². The molecule has 1 N–H and O–H groups in total. The predicted octanol–water partition coefficient (Wildman–Crippen LogP) is 4.33. The van der Waals surface area contributed by atoms with Crippen molar-refractivity contribution in [3.8, 4) is 0 Å². The summed E-state index contributed by atoms with van der Waals surface area (Å²) in [6.45, 7) is 0.340. The lowest BCUT2D eigenvalue weighted by molar-refractivity contribution is -0.137. The van der Waals surface area contributed by atoms with Gasteiger partial charge in [-0.25, -0.2) is 0 Å². The first-order valence-electron chi connectivity index (χ1n) is 6.56. The number of benzene rings is 2. The molecular weight excluding hydrogens is 315 g/mol. The van der Waals surface area contributed by atoms with E-state index in [1.54, 1.807) is 24.3 Å². The van der Waals surface area contributed by atoms with Crippen LogP contribution in [0.2, 0.25) is 5.02 Å². The first-order chi connectivity index (χ1) is 10.4. The van der Waals surface area contributed by atoms with E-state index in [2.05, 4.69) is 5.32 Å². The van der Waals surface area contributed by atoms with Gasteiger partial charge >= 0.3 is 6.18 Å². The predicted molar refractivity (Wildman–Crippen MR) is 78.9 cm³/mol. The normalized spacial score (nSPS) is 11.3. The van der Waals surface area contributed by atoms with Crippen molar-refractivity contribution in [2.24, 2.45) is 0 Å². The molecule has 0 radical (unpaired) electrons. The van der Waals surface area contributed by atoms with Crippen LogP contribution in [0.15, 0.2) is 48.5 Å². The van der Waals surface area contributed by atoms with Gasteiger partial charge in [-0.15, -0.1) is 0 Å². The molecule has 0 aliphatic rings. The van der Waals surface area contributed by atoms with E-state index >= 15 is 0 Å². The van der Waals surface area contributed by atoms with Gasteiger partial charge in [-0.2, -0.15) is 13.2 Å². The average Bonchev–Trinajstić information content (AvgIpc) is 2.47. The fraction of sp³-hybridized carbons (Fsp3) is 0.188. The van der Waals surface area contributed by atoms with Crippen molar-refractivity contribution in [1.29, 1.82) is 0 Å². The lowest BCUT2D eigenvalue weighted by atomic mass is 10.1. The van der Waals surface area contributed by atoms with Gasteiger partial charge in [0.25, 0.3) is 5.91 Å². The Bertz CT molecular complexity index is 636. The van der Waals surface area contributed by atoms with Crippen molar-refractivity contribution in [3.05, 3.63) is 70.2 Å². The molecule has 116 valence electrons. The molecule has 0 spiro atoms. The molecule has 0 unspecified atom stereocenters. The van der Waals surface area contributed by atoms with Crippen molar-refractivity contribution in [2.75, 3.05) is 6.54 Å². The minimum Gasteiger partial charge on any atom is -0.352 e. The summed E-state index contributed by atoms with van der Waals surface area (Å²) in [6, 6.07) is 11.4. The molecule has 0 aliphatic heterocycles. The first kappa shape index (κ1) is 16.4. The summed E-state index contributed by atoms with van der Waals surface area (Å²) < 4.78 is 37.3. The van der Waals surface area contributed by atoms with Gasteiger partial charge in [-0.3, -0.25) is 4.79 Å². The molecule has 0 fully saturated rings. The van der Waals surface area contributed by atoms with E-state index in [0.29, 0.717) is 23.6 Å². The van der Waals surface area contributed by atoms with Crippen LogP contribution >= 0.6 is 11.6 Å². The summed E-state index contributed by atoms with van der Waals surface area (Å²) in [6.07, 6.45) is -3.88. The monoisotopic (exact) mass is 327 g/mol. The van der Waals surface area contributed by atoms with E-state index in [1.807, 2.05) is 0 Å². The van der Waals surface area contributed by atoms with Crippen LogP contribution in [0.1, 0.15) is 21.5 Å². The number of alkyl halides is 3. The molecule has 22 heavy (non-hydrogen) atoms. The van der Waals surface area contributed by atoms with E-state index < -0.39 is 11.7 Å². The van der Waals surface area contributed by atoms with Gasteiger partial charge in [0.15, 0.2) is 0 Å². The Morgan fingerprint density at radius 3 is 2.14 bits per heavy atom. The summed E-state index contributed by atoms with van der Waals surface area (Å²) in [5.74, 6) is -0.247. The zero-order valence-corrected chi connectivity index (χ0v) is 12.2. The van der Waals surface area contributed by atoms with E-state index in [4.69, 9.17) is 11.6 Å². The van der Waals surface area contributed by atoms with Crippen molar-refractivity contribution in [3.63, 3.8) is 0 Å². The standard InChI is InChI=1S/C16H13ClF3NO/c17-14-7-3-12(4-8-14)15(22)21-10-9-11-1-5-13(6-2-11)16(18,19)20/h1-8H,9-10H2,(H,21,22). The van der Waals surface area contributed by atoms with Crippen LogP contribution in [0.25, 0.3) is 0 Å². The number of nitrogens with one attached hydrogen (secondary N) is 1. The summed E-state index contributed by atoms with van der Waals surface area (Å²) in [5.41, 5.74) is 0.530. The molecule has 0 heterocycles. The van der Waals surface area contributed by atoms with E-state index in [9.17, 15) is 18.0 Å². The van der Waals surface area contributed by atoms with E-state index in [1.165, 1.54) is 12.1 Å². The van der Waals surface area contributed by atoms with Gasteiger partial charge < -0.3 is 5.32 Å². The van der Waals surface area contributed by atoms with Crippen LogP contribution in [0.4, 0.5) is 13.2 Å². The number of carbonyl (C=O) groups is 1. The van der Waals surface area contributed by atoms with Crippen LogP contribution in [0.3, 0.4) is 0 Å². The Hall–Kier alpha value is -2.01. The average molecular weight is 328 g/mol. The Morgan fingerprint density at radius 2 is 1.59 bits per heavy atom.